The molecular weight excluding hydrogens is 314 g/mol. The Hall–Kier alpha value is -1.17. The predicted molar refractivity (Wildman–Crippen MR) is 92.9 cm³/mol. The van der Waals surface area contributed by atoms with Crippen LogP contribution in [-0.4, -0.2) is 25.8 Å². The van der Waals surface area contributed by atoms with Crippen LogP contribution >= 0.6 is 11.3 Å². The highest BCUT2D eigenvalue weighted by Crippen LogP contribution is 2.17. The molecule has 0 saturated heterocycles. The summed E-state index contributed by atoms with van der Waals surface area (Å²) in [5.41, 5.74) is 2.57. The van der Waals surface area contributed by atoms with Gasteiger partial charge in [-0.2, -0.15) is 15.6 Å². The number of hydrogen-bond acceptors (Lipinski definition) is 3. The van der Waals surface area contributed by atoms with E-state index in [4.69, 9.17) is 0 Å². The number of aryl methyl sites for hydroxylation is 2. The molecule has 0 spiro atoms. The molecule has 0 saturated carbocycles. The van der Waals surface area contributed by atoms with Gasteiger partial charge in [-0.3, -0.25) is 0 Å². The second-order valence-corrected chi connectivity index (χ2v) is 7.94. The van der Waals surface area contributed by atoms with Crippen molar-refractivity contribution in [3.05, 3.63) is 52.2 Å². The molecule has 0 unspecified atom stereocenters. The van der Waals surface area contributed by atoms with Crippen LogP contribution in [0.1, 0.15) is 31.4 Å². The van der Waals surface area contributed by atoms with Crippen molar-refractivity contribution >= 4 is 21.4 Å². The topological polar surface area (TPSA) is 37.4 Å². The molecule has 0 amide bonds. The van der Waals surface area contributed by atoms with Crippen LogP contribution in [0.4, 0.5) is 0 Å². The van der Waals surface area contributed by atoms with Crippen LogP contribution in [0.2, 0.25) is 0 Å². The van der Waals surface area contributed by atoms with Crippen LogP contribution in [0, 0.1) is 0 Å². The fraction of sp³-hybridized carbons (Fsp3) is 0.412. The van der Waals surface area contributed by atoms with Gasteiger partial charge < -0.3 is 0 Å². The molecule has 0 bridgehead atoms. The van der Waals surface area contributed by atoms with Crippen molar-refractivity contribution in [3.8, 4) is 0 Å². The number of sulfonamides is 1. The Morgan fingerprint density at radius 2 is 1.59 bits per heavy atom. The Balaban J connectivity index is 1.98. The van der Waals surface area contributed by atoms with E-state index in [1.165, 1.54) is 15.4 Å². The molecule has 1 aromatic carbocycles. The molecule has 1 aromatic heterocycles. The van der Waals surface area contributed by atoms with Crippen LogP contribution in [0.15, 0.2) is 46.0 Å². The largest absolute Gasteiger partial charge is 0.243 e. The smallest absolute Gasteiger partial charge is 0.207 e. The normalized spacial score (nSPS) is 12.0. The van der Waals surface area contributed by atoms with Gasteiger partial charge in [-0.05, 0) is 59.3 Å². The molecule has 120 valence electrons. The summed E-state index contributed by atoms with van der Waals surface area (Å²) >= 11 is 1.73. The third-order valence-corrected chi connectivity index (χ3v) is 6.57. The quantitative estimate of drug-likeness (QED) is 0.731. The zero-order chi connectivity index (χ0) is 16.0. The van der Waals surface area contributed by atoms with Crippen molar-refractivity contribution in [2.24, 2.45) is 0 Å². The van der Waals surface area contributed by atoms with Gasteiger partial charge in [0, 0.05) is 13.1 Å². The van der Waals surface area contributed by atoms with Crippen molar-refractivity contribution in [1.29, 1.82) is 0 Å². The van der Waals surface area contributed by atoms with E-state index in [9.17, 15) is 8.42 Å². The van der Waals surface area contributed by atoms with Crippen LogP contribution in [-0.2, 0) is 22.9 Å². The number of thiophene rings is 1. The van der Waals surface area contributed by atoms with Gasteiger partial charge in [0.05, 0.1) is 4.90 Å². The maximum Gasteiger partial charge on any atom is 0.243 e. The lowest BCUT2D eigenvalue weighted by atomic mass is 10.1. The van der Waals surface area contributed by atoms with Crippen LogP contribution in [0.5, 0.6) is 0 Å². The number of hydrogen-bond donors (Lipinski definition) is 0. The molecule has 0 atom stereocenters. The molecule has 0 aliphatic heterocycles. The van der Waals surface area contributed by atoms with E-state index in [1.54, 1.807) is 23.5 Å². The third-order valence-electron chi connectivity index (χ3n) is 3.78. The highest BCUT2D eigenvalue weighted by atomic mass is 32.2. The van der Waals surface area contributed by atoms with Crippen molar-refractivity contribution < 1.29 is 8.42 Å². The molecule has 5 heteroatoms. The Kier molecular flexibility index (Phi) is 6.17. The standard InChI is InChI=1S/C17H23NO2S2/c1-3-18(4-2)22(19,20)17-10-8-15(9-11-17)6-5-7-16-12-13-21-14-16/h8-14H,3-7H2,1-2H3. The minimum absolute atomic E-state index is 0.387. The van der Waals surface area contributed by atoms with Gasteiger partial charge in [-0.25, -0.2) is 8.42 Å². The number of nitrogens with zero attached hydrogens (tertiary/aromatic N) is 1. The molecule has 22 heavy (non-hydrogen) atoms. The predicted octanol–water partition coefficient (Wildman–Crippen LogP) is 3.95. The lowest BCUT2D eigenvalue weighted by Crippen LogP contribution is -2.30. The maximum atomic E-state index is 12.4. The Labute approximate surface area is 137 Å². The molecule has 1 heterocycles. The van der Waals surface area contributed by atoms with E-state index in [0.29, 0.717) is 18.0 Å². The van der Waals surface area contributed by atoms with Crippen LogP contribution in [0.25, 0.3) is 0 Å². The van der Waals surface area contributed by atoms with Gasteiger partial charge in [0.25, 0.3) is 0 Å². The molecule has 0 N–H and O–H groups in total. The lowest BCUT2D eigenvalue weighted by Gasteiger charge is -2.18. The highest BCUT2D eigenvalue weighted by molar-refractivity contribution is 7.89. The average Bonchev–Trinajstić information content (AvgIpc) is 3.02. The average molecular weight is 338 g/mol. The Morgan fingerprint density at radius 3 is 2.14 bits per heavy atom. The monoisotopic (exact) mass is 337 g/mol. The summed E-state index contributed by atoms with van der Waals surface area (Å²) in [6.45, 7) is 4.72. The maximum absolute atomic E-state index is 12.4. The van der Waals surface area contributed by atoms with Crippen LogP contribution in [0.3, 0.4) is 0 Å². The van der Waals surface area contributed by atoms with Crippen molar-refractivity contribution in [2.75, 3.05) is 13.1 Å². The molecule has 0 aliphatic rings. The third kappa shape index (κ3) is 4.18. The highest BCUT2D eigenvalue weighted by Gasteiger charge is 2.20. The summed E-state index contributed by atoms with van der Waals surface area (Å²) in [5.74, 6) is 0. The Bertz CT molecular complexity index is 657. The first-order valence-corrected chi connectivity index (χ1v) is 10.1. The molecule has 2 aromatic rings. The molecule has 2 rings (SSSR count). The van der Waals surface area contributed by atoms with Crippen LogP contribution < -0.4 is 0 Å². The van der Waals surface area contributed by atoms with Crippen molar-refractivity contribution in [3.63, 3.8) is 0 Å². The van der Waals surface area contributed by atoms with Crippen molar-refractivity contribution in [1.82, 2.24) is 4.31 Å². The van der Waals surface area contributed by atoms with E-state index in [0.717, 1.165) is 19.3 Å². The molecule has 3 nitrogen and oxygen atoms in total. The van der Waals surface area contributed by atoms with Gasteiger partial charge in [-0.1, -0.05) is 26.0 Å². The zero-order valence-corrected chi connectivity index (χ0v) is 14.8. The summed E-state index contributed by atoms with van der Waals surface area (Å²) in [5, 5.41) is 4.28. The van der Waals surface area contributed by atoms with E-state index in [1.807, 2.05) is 26.0 Å². The van der Waals surface area contributed by atoms with E-state index in [2.05, 4.69) is 16.8 Å². The van der Waals surface area contributed by atoms with Crippen molar-refractivity contribution in [2.45, 2.75) is 38.0 Å². The van der Waals surface area contributed by atoms with E-state index < -0.39 is 10.0 Å². The van der Waals surface area contributed by atoms with Gasteiger partial charge in [-0.15, -0.1) is 0 Å². The summed E-state index contributed by atoms with van der Waals surface area (Å²) in [7, 11) is -3.34. The minimum Gasteiger partial charge on any atom is -0.207 e. The molecular formula is C17H23NO2S2. The Morgan fingerprint density at radius 1 is 0.955 bits per heavy atom. The number of benzene rings is 1. The first-order chi connectivity index (χ1) is 10.6. The summed E-state index contributed by atoms with van der Waals surface area (Å²) in [4.78, 5) is 0.387. The molecule has 0 radical (unpaired) electrons. The summed E-state index contributed by atoms with van der Waals surface area (Å²) in [6.07, 6.45) is 3.13. The lowest BCUT2D eigenvalue weighted by molar-refractivity contribution is 0.445. The zero-order valence-electron chi connectivity index (χ0n) is 13.2. The fourth-order valence-electron chi connectivity index (χ4n) is 2.47. The second kappa shape index (κ2) is 7.90. The number of rotatable bonds is 8. The first-order valence-electron chi connectivity index (χ1n) is 7.68. The van der Waals surface area contributed by atoms with E-state index in [-0.39, 0.29) is 0 Å². The summed E-state index contributed by atoms with van der Waals surface area (Å²) < 4.78 is 26.3. The van der Waals surface area contributed by atoms with Gasteiger partial charge >= 0.3 is 0 Å². The fourth-order valence-corrected chi connectivity index (χ4v) is 4.63. The van der Waals surface area contributed by atoms with Gasteiger partial charge in [0.15, 0.2) is 0 Å². The molecule has 0 aliphatic carbocycles. The minimum atomic E-state index is -3.34. The summed E-state index contributed by atoms with van der Waals surface area (Å²) in [6, 6.07) is 9.49. The second-order valence-electron chi connectivity index (χ2n) is 5.22. The van der Waals surface area contributed by atoms with Gasteiger partial charge in [0.2, 0.25) is 10.0 Å². The SMILES string of the molecule is CCN(CC)S(=O)(=O)c1ccc(CCCc2ccsc2)cc1. The van der Waals surface area contributed by atoms with Gasteiger partial charge in [0.1, 0.15) is 0 Å². The first kappa shape index (κ1) is 17.2. The van der Waals surface area contributed by atoms with E-state index >= 15 is 0 Å². The molecule has 0 fully saturated rings.